The Hall–Kier alpha value is -1.77. The summed E-state index contributed by atoms with van der Waals surface area (Å²) < 4.78 is 5.42. The van der Waals surface area contributed by atoms with Gasteiger partial charge in [0.05, 0.1) is 5.56 Å². The minimum atomic E-state index is 0.511. The number of hydrogen-bond donors (Lipinski definition) is 1. The summed E-state index contributed by atoms with van der Waals surface area (Å²) in [5, 5.41) is 1.02. The van der Waals surface area contributed by atoms with Crippen LogP contribution in [0.5, 0.6) is 0 Å². The molecule has 84 valence electrons. The molecule has 1 heterocycles. The van der Waals surface area contributed by atoms with Crippen molar-refractivity contribution >= 4 is 16.8 Å². The molecule has 0 saturated carbocycles. The number of rotatable bonds is 3. The fraction of sp³-hybridized carbons (Fsp3) is 0.308. The first-order chi connectivity index (χ1) is 7.68. The second-order valence-corrected chi connectivity index (χ2v) is 4.27. The normalized spacial score (nSPS) is 12.6. The number of amidine groups is 1. The van der Waals surface area contributed by atoms with E-state index < -0.39 is 0 Å². The van der Waals surface area contributed by atoms with Crippen LogP contribution < -0.4 is 5.73 Å². The fourth-order valence-corrected chi connectivity index (χ4v) is 1.54. The number of benzene rings is 1. The lowest BCUT2D eigenvalue weighted by atomic mass is 10.1. The number of furan rings is 1. The summed E-state index contributed by atoms with van der Waals surface area (Å²) in [6, 6.07) is 7.83. The monoisotopic (exact) mass is 216 g/mol. The van der Waals surface area contributed by atoms with Gasteiger partial charge in [-0.15, -0.1) is 0 Å². The summed E-state index contributed by atoms with van der Waals surface area (Å²) in [7, 11) is 0. The minimum Gasteiger partial charge on any atom is -0.464 e. The zero-order chi connectivity index (χ0) is 11.5. The zero-order valence-electron chi connectivity index (χ0n) is 9.60. The molecule has 0 fully saturated rings. The molecule has 0 bridgehead atoms. The molecule has 2 N–H and O–H groups in total. The summed E-state index contributed by atoms with van der Waals surface area (Å²) in [6.07, 6.45) is 1.67. The van der Waals surface area contributed by atoms with Crippen molar-refractivity contribution < 1.29 is 4.42 Å². The van der Waals surface area contributed by atoms with E-state index in [1.807, 2.05) is 24.3 Å². The van der Waals surface area contributed by atoms with Crippen LogP contribution in [0.15, 0.2) is 39.9 Å². The van der Waals surface area contributed by atoms with E-state index in [0.29, 0.717) is 11.8 Å². The van der Waals surface area contributed by atoms with E-state index in [9.17, 15) is 0 Å². The zero-order valence-corrected chi connectivity index (χ0v) is 9.60. The number of fused-ring (bicyclic) bond motifs is 1. The Bertz CT molecular complexity index is 511. The fourth-order valence-electron chi connectivity index (χ4n) is 1.54. The summed E-state index contributed by atoms with van der Waals surface area (Å²) in [5.41, 5.74) is 7.68. The summed E-state index contributed by atoms with van der Waals surface area (Å²) >= 11 is 0. The van der Waals surface area contributed by atoms with Crippen molar-refractivity contribution in [1.82, 2.24) is 0 Å². The minimum absolute atomic E-state index is 0.511. The van der Waals surface area contributed by atoms with Crippen LogP contribution in [0, 0.1) is 5.92 Å². The van der Waals surface area contributed by atoms with Gasteiger partial charge in [-0.05, 0) is 12.0 Å². The van der Waals surface area contributed by atoms with Crippen molar-refractivity contribution in [3.05, 3.63) is 36.1 Å². The van der Waals surface area contributed by atoms with Crippen LogP contribution in [0.2, 0.25) is 0 Å². The molecule has 0 aliphatic carbocycles. The van der Waals surface area contributed by atoms with E-state index in [-0.39, 0.29) is 0 Å². The third-order valence-corrected chi connectivity index (χ3v) is 2.38. The Morgan fingerprint density at radius 1 is 1.38 bits per heavy atom. The van der Waals surface area contributed by atoms with E-state index in [2.05, 4.69) is 18.8 Å². The number of para-hydroxylation sites is 1. The first-order valence-electron chi connectivity index (χ1n) is 5.45. The molecular formula is C13H16N2O. The maximum absolute atomic E-state index is 5.94. The second-order valence-electron chi connectivity index (χ2n) is 4.27. The molecule has 3 heteroatoms. The Morgan fingerprint density at radius 2 is 2.12 bits per heavy atom. The van der Waals surface area contributed by atoms with Crippen LogP contribution in [0.3, 0.4) is 0 Å². The number of nitrogens with two attached hydrogens (primary N) is 1. The van der Waals surface area contributed by atoms with Gasteiger partial charge in [-0.1, -0.05) is 32.0 Å². The molecular weight excluding hydrogens is 200 g/mol. The van der Waals surface area contributed by atoms with E-state index >= 15 is 0 Å². The van der Waals surface area contributed by atoms with Crippen molar-refractivity contribution in [3.63, 3.8) is 0 Å². The van der Waals surface area contributed by atoms with Gasteiger partial charge in [0.15, 0.2) is 0 Å². The molecule has 0 spiro atoms. The molecule has 0 unspecified atom stereocenters. The number of nitrogens with zero attached hydrogens (tertiary/aromatic N) is 1. The molecule has 0 amide bonds. The van der Waals surface area contributed by atoms with Crippen LogP contribution in [0.4, 0.5) is 0 Å². The average molecular weight is 216 g/mol. The third-order valence-electron chi connectivity index (χ3n) is 2.38. The Balaban J connectivity index is 2.36. The molecule has 2 rings (SSSR count). The Kier molecular flexibility index (Phi) is 2.95. The first-order valence-corrected chi connectivity index (χ1v) is 5.45. The lowest BCUT2D eigenvalue weighted by Crippen LogP contribution is -2.14. The molecule has 0 saturated heterocycles. The van der Waals surface area contributed by atoms with Crippen molar-refractivity contribution in [2.24, 2.45) is 16.6 Å². The van der Waals surface area contributed by atoms with Crippen LogP contribution in [0.1, 0.15) is 19.4 Å². The van der Waals surface area contributed by atoms with Crippen molar-refractivity contribution in [2.75, 3.05) is 6.54 Å². The largest absolute Gasteiger partial charge is 0.464 e. The van der Waals surface area contributed by atoms with Gasteiger partial charge in [0.2, 0.25) is 0 Å². The van der Waals surface area contributed by atoms with Gasteiger partial charge in [-0.25, -0.2) is 0 Å². The van der Waals surface area contributed by atoms with Gasteiger partial charge in [0, 0.05) is 11.9 Å². The molecule has 0 radical (unpaired) electrons. The highest BCUT2D eigenvalue weighted by atomic mass is 16.3. The highest BCUT2D eigenvalue weighted by Crippen LogP contribution is 2.20. The second kappa shape index (κ2) is 4.39. The quantitative estimate of drug-likeness (QED) is 0.633. The van der Waals surface area contributed by atoms with Gasteiger partial charge < -0.3 is 10.2 Å². The van der Waals surface area contributed by atoms with Crippen molar-refractivity contribution in [1.29, 1.82) is 0 Å². The summed E-state index contributed by atoms with van der Waals surface area (Å²) in [5.74, 6) is 1.07. The summed E-state index contributed by atoms with van der Waals surface area (Å²) in [6.45, 7) is 4.97. The van der Waals surface area contributed by atoms with E-state index in [0.717, 1.165) is 23.1 Å². The molecule has 0 aliphatic rings. The van der Waals surface area contributed by atoms with Gasteiger partial charge in [-0.3, -0.25) is 4.99 Å². The maximum Gasteiger partial charge on any atom is 0.134 e. The molecule has 16 heavy (non-hydrogen) atoms. The van der Waals surface area contributed by atoms with Crippen molar-refractivity contribution in [2.45, 2.75) is 13.8 Å². The molecule has 0 atom stereocenters. The highest BCUT2D eigenvalue weighted by molar-refractivity contribution is 6.07. The Labute approximate surface area is 95.0 Å². The first kappa shape index (κ1) is 10.7. The molecule has 0 aliphatic heterocycles. The molecule has 1 aromatic heterocycles. The van der Waals surface area contributed by atoms with E-state index in [4.69, 9.17) is 10.2 Å². The predicted octanol–water partition coefficient (Wildman–Crippen LogP) is 2.79. The smallest absolute Gasteiger partial charge is 0.134 e. The van der Waals surface area contributed by atoms with Gasteiger partial charge in [0.1, 0.15) is 17.7 Å². The van der Waals surface area contributed by atoms with Gasteiger partial charge in [-0.2, -0.15) is 0 Å². The third kappa shape index (κ3) is 2.08. The van der Waals surface area contributed by atoms with E-state index in [1.165, 1.54) is 0 Å². The van der Waals surface area contributed by atoms with Gasteiger partial charge >= 0.3 is 0 Å². The molecule has 2 aromatic rings. The Morgan fingerprint density at radius 3 is 2.88 bits per heavy atom. The summed E-state index contributed by atoms with van der Waals surface area (Å²) in [4.78, 5) is 4.35. The lowest BCUT2D eigenvalue weighted by Gasteiger charge is -2.01. The number of aliphatic imine (C=N–C) groups is 1. The maximum atomic E-state index is 5.94. The van der Waals surface area contributed by atoms with Crippen LogP contribution >= 0.6 is 0 Å². The number of hydrogen-bond acceptors (Lipinski definition) is 2. The van der Waals surface area contributed by atoms with Crippen LogP contribution in [-0.4, -0.2) is 12.4 Å². The van der Waals surface area contributed by atoms with Gasteiger partial charge in [0.25, 0.3) is 0 Å². The van der Waals surface area contributed by atoms with Crippen LogP contribution in [0.25, 0.3) is 11.0 Å². The van der Waals surface area contributed by atoms with E-state index in [1.54, 1.807) is 6.26 Å². The average Bonchev–Trinajstić information content (AvgIpc) is 2.69. The van der Waals surface area contributed by atoms with Crippen molar-refractivity contribution in [3.8, 4) is 0 Å². The van der Waals surface area contributed by atoms with Crippen LogP contribution in [-0.2, 0) is 0 Å². The topological polar surface area (TPSA) is 51.5 Å². The molecule has 3 nitrogen and oxygen atoms in total. The molecule has 1 aromatic carbocycles. The lowest BCUT2D eigenvalue weighted by molar-refractivity contribution is 0.614. The highest BCUT2D eigenvalue weighted by Gasteiger charge is 2.08. The predicted molar refractivity (Wildman–Crippen MR) is 66.6 cm³/mol. The standard InChI is InChI=1S/C13H16N2O/c1-9(2)7-15-13(14)11-8-16-12-6-4-3-5-10(11)12/h3-6,8-9H,7H2,1-2H3,(H2,14,15). The SMILES string of the molecule is CC(C)CN=C(N)c1coc2ccccc12.